The number of hydrogen-bond donors (Lipinski definition) is 3. The third-order valence-electron chi connectivity index (χ3n) is 4.15. The fraction of sp³-hybridized carbons (Fsp3) is 0.500. The molecule has 6 nitrogen and oxygen atoms in total. The van der Waals surface area contributed by atoms with Crippen molar-refractivity contribution in [1.29, 1.82) is 0 Å². The van der Waals surface area contributed by atoms with Crippen LogP contribution in [0.15, 0.2) is 30.6 Å². The van der Waals surface area contributed by atoms with Gasteiger partial charge in [-0.25, -0.2) is 9.78 Å². The minimum Gasteiger partial charge on any atom is -0.336 e. The Morgan fingerprint density at radius 1 is 1.26 bits per heavy atom. The molecule has 0 aliphatic heterocycles. The van der Waals surface area contributed by atoms with Gasteiger partial charge in [0.05, 0.1) is 5.56 Å². The molecule has 0 aliphatic rings. The van der Waals surface area contributed by atoms with Crippen molar-refractivity contribution in [2.24, 2.45) is 0 Å². The van der Waals surface area contributed by atoms with Gasteiger partial charge in [0.15, 0.2) is 5.82 Å². The Morgan fingerprint density at radius 3 is 2.67 bits per heavy atom. The van der Waals surface area contributed by atoms with Gasteiger partial charge in [-0.15, -0.1) is 0 Å². The van der Waals surface area contributed by atoms with Crippen molar-refractivity contribution in [2.45, 2.75) is 57.8 Å². The summed E-state index contributed by atoms with van der Waals surface area (Å²) in [5, 5.41) is 11.8. The summed E-state index contributed by atoms with van der Waals surface area (Å²) in [6, 6.07) is 3.39. The van der Waals surface area contributed by atoms with Crippen LogP contribution in [0, 0.1) is 0 Å². The highest BCUT2D eigenvalue weighted by Gasteiger charge is 2.31. The predicted octanol–water partition coefficient (Wildman–Crippen LogP) is 4.18. The van der Waals surface area contributed by atoms with Crippen molar-refractivity contribution >= 4 is 6.03 Å². The van der Waals surface area contributed by atoms with E-state index in [1.165, 1.54) is 18.5 Å². The molecule has 9 heteroatoms. The first-order valence-corrected chi connectivity index (χ1v) is 8.90. The Morgan fingerprint density at radius 2 is 2.04 bits per heavy atom. The molecule has 0 saturated heterocycles. The number of carbonyl (C=O) groups excluding carboxylic acids is 1. The summed E-state index contributed by atoms with van der Waals surface area (Å²) in [6.07, 6.45) is 0.760. The van der Waals surface area contributed by atoms with Gasteiger partial charge in [0, 0.05) is 6.04 Å². The number of alkyl halides is 3. The van der Waals surface area contributed by atoms with Gasteiger partial charge in [-0.05, 0) is 31.0 Å². The fourth-order valence-corrected chi connectivity index (χ4v) is 2.73. The maximum Gasteiger partial charge on any atom is 0.416 e. The number of aromatic nitrogens is 3. The van der Waals surface area contributed by atoms with Crippen LogP contribution in [0.25, 0.3) is 0 Å². The molecule has 0 bridgehead atoms. The molecular formula is C18H24F3N5O. The standard InChI is InChI=1S/C18H24F3N5O/c1-3-4-5-7-12(2)24-17(27)25-15(16-22-11-23-26-16)13-8-6-9-14(10-13)18(19,20)21/h6,8-12,15H,3-5,7H2,1-2H3,(H,22,23,26)(H2,24,25,27). The van der Waals surface area contributed by atoms with Gasteiger partial charge in [0.25, 0.3) is 0 Å². The number of nitrogens with zero attached hydrogens (tertiary/aromatic N) is 2. The topological polar surface area (TPSA) is 82.7 Å². The van der Waals surface area contributed by atoms with Gasteiger partial charge in [0.2, 0.25) is 0 Å². The lowest BCUT2D eigenvalue weighted by molar-refractivity contribution is -0.137. The summed E-state index contributed by atoms with van der Waals surface area (Å²) in [7, 11) is 0. The number of carbonyl (C=O) groups is 1. The number of amides is 2. The maximum atomic E-state index is 13.0. The van der Waals surface area contributed by atoms with E-state index >= 15 is 0 Å². The molecule has 27 heavy (non-hydrogen) atoms. The Labute approximate surface area is 156 Å². The predicted molar refractivity (Wildman–Crippen MR) is 94.9 cm³/mol. The van der Waals surface area contributed by atoms with Crippen LogP contribution >= 0.6 is 0 Å². The zero-order valence-electron chi connectivity index (χ0n) is 15.3. The molecule has 3 N–H and O–H groups in total. The summed E-state index contributed by atoms with van der Waals surface area (Å²) in [4.78, 5) is 16.3. The molecule has 0 aliphatic carbocycles. The molecule has 1 aromatic carbocycles. The first-order valence-electron chi connectivity index (χ1n) is 8.90. The number of urea groups is 1. The van der Waals surface area contributed by atoms with Gasteiger partial charge < -0.3 is 10.6 Å². The molecule has 0 spiro atoms. The fourth-order valence-electron chi connectivity index (χ4n) is 2.73. The number of H-pyrrole nitrogens is 1. The second-order valence-corrected chi connectivity index (χ2v) is 6.44. The van der Waals surface area contributed by atoms with Crippen LogP contribution in [0.3, 0.4) is 0 Å². The smallest absolute Gasteiger partial charge is 0.336 e. The summed E-state index contributed by atoms with van der Waals surface area (Å²) in [5.74, 6) is 0.253. The lowest BCUT2D eigenvalue weighted by atomic mass is 10.0. The van der Waals surface area contributed by atoms with E-state index in [1.807, 2.05) is 6.92 Å². The maximum absolute atomic E-state index is 13.0. The molecule has 2 amide bonds. The van der Waals surface area contributed by atoms with Gasteiger partial charge >= 0.3 is 12.2 Å². The number of aromatic amines is 1. The van der Waals surface area contributed by atoms with Gasteiger partial charge in [-0.1, -0.05) is 38.3 Å². The summed E-state index contributed by atoms with van der Waals surface area (Å²) >= 11 is 0. The Hall–Kier alpha value is -2.58. The molecule has 2 unspecified atom stereocenters. The number of benzene rings is 1. The first kappa shape index (κ1) is 20.7. The third kappa shape index (κ3) is 6.26. The van der Waals surface area contributed by atoms with E-state index in [0.29, 0.717) is 0 Å². The van der Waals surface area contributed by atoms with E-state index in [-0.39, 0.29) is 17.4 Å². The monoisotopic (exact) mass is 383 g/mol. The minimum absolute atomic E-state index is 0.0477. The van der Waals surface area contributed by atoms with Crippen molar-refractivity contribution in [3.63, 3.8) is 0 Å². The highest BCUT2D eigenvalue weighted by molar-refractivity contribution is 5.75. The number of hydrogen-bond acceptors (Lipinski definition) is 3. The van der Waals surface area contributed by atoms with Gasteiger partial charge in [0.1, 0.15) is 12.4 Å². The van der Waals surface area contributed by atoms with Crippen LogP contribution in [0.1, 0.15) is 62.5 Å². The third-order valence-corrected chi connectivity index (χ3v) is 4.15. The molecule has 0 saturated carbocycles. The number of rotatable bonds is 8. The molecule has 148 valence electrons. The molecule has 1 aromatic heterocycles. The average molecular weight is 383 g/mol. The zero-order chi connectivity index (χ0) is 19.9. The molecule has 1 heterocycles. The summed E-state index contributed by atoms with van der Waals surface area (Å²) in [5.41, 5.74) is -0.532. The van der Waals surface area contributed by atoms with Crippen molar-refractivity contribution in [2.75, 3.05) is 0 Å². The van der Waals surface area contributed by atoms with E-state index in [4.69, 9.17) is 0 Å². The Kier molecular flexibility index (Phi) is 7.20. The lowest BCUT2D eigenvalue weighted by Crippen LogP contribution is -2.43. The summed E-state index contributed by atoms with van der Waals surface area (Å²) < 4.78 is 39.1. The molecule has 2 rings (SSSR count). The second-order valence-electron chi connectivity index (χ2n) is 6.44. The van der Waals surface area contributed by atoms with Crippen LogP contribution in [-0.2, 0) is 6.18 Å². The minimum atomic E-state index is -4.47. The van der Waals surface area contributed by atoms with Crippen molar-refractivity contribution < 1.29 is 18.0 Å². The van der Waals surface area contributed by atoms with E-state index < -0.39 is 23.8 Å². The largest absolute Gasteiger partial charge is 0.416 e. The number of nitrogens with one attached hydrogen (secondary N) is 3. The molecule has 2 atom stereocenters. The van der Waals surface area contributed by atoms with Crippen LogP contribution in [0.5, 0.6) is 0 Å². The van der Waals surface area contributed by atoms with Crippen LogP contribution < -0.4 is 10.6 Å². The van der Waals surface area contributed by atoms with Gasteiger partial charge in [-0.3, -0.25) is 5.10 Å². The average Bonchev–Trinajstić information content (AvgIpc) is 3.13. The quantitative estimate of drug-likeness (QED) is 0.598. The van der Waals surface area contributed by atoms with Crippen LogP contribution in [0.4, 0.5) is 18.0 Å². The van der Waals surface area contributed by atoms with Gasteiger partial charge in [-0.2, -0.15) is 18.3 Å². The van der Waals surface area contributed by atoms with E-state index in [9.17, 15) is 18.0 Å². The van der Waals surface area contributed by atoms with Crippen molar-refractivity contribution in [3.05, 3.63) is 47.5 Å². The molecule has 0 radical (unpaired) electrons. The first-order chi connectivity index (χ1) is 12.8. The summed E-state index contributed by atoms with van der Waals surface area (Å²) in [6.45, 7) is 3.99. The highest BCUT2D eigenvalue weighted by atomic mass is 19.4. The van der Waals surface area contributed by atoms with E-state index in [2.05, 4.69) is 32.7 Å². The van der Waals surface area contributed by atoms with Crippen molar-refractivity contribution in [1.82, 2.24) is 25.8 Å². The molecule has 0 fully saturated rings. The van der Waals surface area contributed by atoms with Crippen molar-refractivity contribution in [3.8, 4) is 0 Å². The zero-order valence-corrected chi connectivity index (χ0v) is 15.3. The Bertz CT molecular complexity index is 718. The highest BCUT2D eigenvalue weighted by Crippen LogP contribution is 2.31. The van der Waals surface area contributed by atoms with Crippen LogP contribution in [0.2, 0.25) is 0 Å². The number of halogens is 3. The lowest BCUT2D eigenvalue weighted by Gasteiger charge is -2.20. The SMILES string of the molecule is CCCCCC(C)NC(=O)NC(c1cccc(C(F)(F)F)c1)c1ncn[nH]1. The van der Waals surface area contributed by atoms with Crippen LogP contribution in [-0.4, -0.2) is 27.3 Å². The molecular weight excluding hydrogens is 359 g/mol. The van der Waals surface area contributed by atoms with E-state index in [0.717, 1.165) is 37.8 Å². The Balaban J connectivity index is 2.13. The second kappa shape index (κ2) is 9.38. The molecule has 2 aromatic rings. The van der Waals surface area contributed by atoms with E-state index in [1.54, 1.807) is 0 Å². The number of unbranched alkanes of at least 4 members (excludes halogenated alkanes) is 2. The normalized spacial score (nSPS) is 13.8.